The van der Waals surface area contributed by atoms with Crippen LogP contribution < -0.4 is 0 Å². The SMILES string of the molecule is CCOC(=O)C[C@@H]1CN(Cc2ccc(-c3ccc(C(C)(C(F)(F)F)C(F)(F)F)cc3)c(C)c2)CCN1Cc1ccncc1. The summed E-state index contributed by atoms with van der Waals surface area (Å²) in [6.07, 6.45) is -7.23. The minimum atomic E-state index is -5.50. The number of hydrogen-bond donors (Lipinski definition) is 0. The van der Waals surface area contributed by atoms with Crippen LogP contribution in [0.2, 0.25) is 0 Å². The van der Waals surface area contributed by atoms with E-state index in [-0.39, 0.29) is 25.4 Å². The summed E-state index contributed by atoms with van der Waals surface area (Å²) in [4.78, 5) is 21.0. The van der Waals surface area contributed by atoms with Crippen LogP contribution in [0.3, 0.4) is 0 Å². The number of piperazine rings is 1. The Morgan fingerprint density at radius 2 is 1.56 bits per heavy atom. The molecule has 1 atom stereocenters. The molecule has 1 aliphatic heterocycles. The maximum atomic E-state index is 13.5. The van der Waals surface area contributed by atoms with Gasteiger partial charge in [0.1, 0.15) is 0 Å². The molecular formula is C32H35F6N3O2. The molecule has 1 fully saturated rings. The number of carbonyl (C=O) groups is 1. The molecule has 232 valence electrons. The van der Waals surface area contributed by atoms with Crippen molar-refractivity contribution < 1.29 is 35.9 Å². The minimum absolute atomic E-state index is 0.0427. The lowest BCUT2D eigenvalue weighted by Gasteiger charge is -2.41. The number of hydrogen-bond acceptors (Lipinski definition) is 5. The molecule has 43 heavy (non-hydrogen) atoms. The fraction of sp³-hybridized carbons (Fsp3) is 0.438. The highest BCUT2D eigenvalue weighted by Crippen LogP contribution is 2.51. The second-order valence-electron chi connectivity index (χ2n) is 11.1. The minimum Gasteiger partial charge on any atom is -0.466 e. The van der Waals surface area contributed by atoms with Crippen LogP contribution in [-0.4, -0.2) is 65.4 Å². The number of pyridine rings is 1. The number of benzene rings is 2. The van der Waals surface area contributed by atoms with Crippen LogP contribution in [0.25, 0.3) is 11.1 Å². The average molecular weight is 608 g/mol. The molecule has 0 radical (unpaired) electrons. The van der Waals surface area contributed by atoms with E-state index >= 15 is 0 Å². The number of rotatable bonds is 9. The zero-order valence-corrected chi connectivity index (χ0v) is 24.3. The largest absolute Gasteiger partial charge is 0.466 e. The number of esters is 1. The number of carbonyl (C=O) groups excluding carboxylic acids is 1. The lowest BCUT2D eigenvalue weighted by molar-refractivity contribution is -0.297. The van der Waals surface area contributed by atoms with Crippen molar-refractivity contribution in [2.75, 3.05) is 26.2 Å². The fourth-order valence-electron chi connectivity index (χ4n) is 5.52. The molecule has 3 aromatic rings. The summed E-state index contributed by atoms with van der Waals surface area (Å²) in [7, 11) is 0. The van der Waals surface area contributed by atoms with Gasteiger partial charge in [-0.05, 0) is 66.3 Å². The molecule has 5 nitrogen and oxygen atoms in total. The zero-order valence-electron chi connectivity index (χ0n) is 24.3. The van der Waals surface area contributed by atoms with Crippen molar-refractivity contribution in [2.24, 2.45) is 0 Å². The molecule has 0 unspecified atom stereocenters. The van der Waals surface area contributed by atoms with Crippen molar-refractivity contribution in [2.45, 2.75) is 64.1 Å². The highest BCUT2D eigenvalue weighted by Gasteiger charge is 2.68. The Kier molecular flexibility index (Phi) is 9.86. The van der Waals surface area contributed by atoms with Crippen LogP contribution >= 0.6 is 0 Å². The first-order valence-electron chi connectivity index (χ1n) is 14.1. The van der Waals surface area contributed by atoms with E-state index < -0.39 is 23.3 Å². The normalized spacial score (nSPS) is 17.2. The lowest BCUT2D eigenvalue weighted by Crippen LogP contribution is -2.53. The molecule has 1 saturated heterocycles. The molecule has 0 N–H and O–H groups in total. The first-order chi connectivity index (χ1) is 20.2. The van der Waals surface area contributed by atoms with E-state index in [1.54, 1.807) is 19.3 Å². The summed E-state index contributed by atoms with van der Waals surface area (Å²) < 4.78 is 86.2. The van der Waals surface area contributed by atoms with Crippen molar-refractivity contribution in [3.63, 3.8) is 0 Å². The molecule has 2 heterocycles. The van der Waals surface area contributed by atoms with E-state index in [1.807, 2.05) is 37.3 Å². The van der Waals surface area contributed by atoms with Gasteiger partial charge in [0.25, 0.3) is 0 Å². The number of nitrogens with zero attached hydrogens (tertiary/aromatic N) is 3. The van der Waals surface area contributed by atoms with Crippen molar-refractivity contribution in [3.05, 3.63) is 89.2 Å². The predicted octanol–water partition coefficient (Wildman–Crippen LogP) is 7.08. The Hall–Kier alpha value is -3.44. The summed E-state index contributed by atoms with van der Waals surface area (Å²) in [6, 6.07) is 14.0. The Morgan fingerprint density at radius 3 is 2.14 bits per heavy atom. The summed E-state index contributed by atoms with van der Waals surface area (Å²) in [6.45, 7) is 7.63. The highest BCUT2D eigenvalue weighted by atomic mass is 19.4. The second kappa shape index (κ2) is 13.1. The van der Waals surface area contributed by atoms with Crippen LogP contribution in [0, 0.1) is 6.92 Å². The van der Waals surface area contributed by atoms with Crippen LogP contribution in [0.15, 0.2) is 67.0 Å². The summed E-state index contributed by atoms with van der Waals surface area (Å²) in [5.74, 6) is -0.244. The molecule has 2 aromatic carbocycles. The molecule has 11 heteroatoms. The van der Waals surface area contributed by atoms with Crippen molar-refractivity contribution in [3.8, 4) is 11.1 Å². The highest BCUT2D eigenvalue weighted by molar-refractivity contribution is 5.70. The van der Waals surface area contributed by atoms with Crippen LogP contribution in [0.1, 0.15) is 42.5 Å². The van der Waals surface area contributed by atoms with Gasteiger partial charge in [0.05, 0.1) is 13.0 Å². The Bertz CT molecular complexity index is 1360. The Balaban J connectivity index is 1.48. The molecule has 0 bridgehead atoms. The van der Waals surface area contributed by atoms with E-state index in [0.717, 1.165) is 47.5 Å². The molecule has 0 amide bonds. The van der Waals surface area contributed by atoms with E-state index in [1.165, 1.54) is 12.1 Å². The quantitative estimate of drug-likeness (QED) is 0.192. The molecular weight excluding hydrogens is 572 g/mol. The third-order valence-electron chi connectivity index (χ3n) is 8.14. The van der Waals surface area contributed by atoms with Gasteiger partial charge in [-0.2, -0.15) is 26.3 Å². The van der Waals surface area contributed by atoms with Gasteiger partial charge in [-0.1, -0.05) is 42.5 Å². The molecule has 0 saturated carbocycles. The van der Waals surface area contributed by atoms with Gasteiger partial charge in [0.2, 0.25) is 0 Å². The van der Waals surface area contributed by atoms with Gasteiger partial charge >= 0.3 is 18.3 Å². The smallest absolute Gasteiger partial charge is 0.406 e. The van der Waals surface area contributed by atoms with Crippen LogP contribution in [0.5, 0.6) is 0 Å². The summed E-state index contributed by atoms with van der Waals surface area (Å²) in [5.41, 5.74) is -0.609. The number of aryl methyl sites for hydroxylation is 1. The lowest BCUT2D eigenvalue weighted by atomic mass is 9.80. The zero-order chi connectivity index (χ0) is 31.4. The summed E-state index contributed by atoms with van der Waals surface area (Å²) >= 11 is 0. The number of alkyl halides is 6. The maximum absolute atomic E-state index is 13.5. The van der Waals surface area contributed by atoms with Gasteiger partial charge in [0.15, 0.2) is 5.41 Å². The third-order valence-corrected chi connectivity index (χ3v) is 8.14. The van der Waals surface area contributed by atoms with E-state index in [2.05, 4.69) is 14.8 Å². The summed E-state index contributed by atoms with van der Waals surface area (Å²) in [5, 5.41) is 0. The molecule has 1 aliphatic rings. The van der Waals surface area contributed by atoms with Crippen molar-refractivity contribution in [1.82, 2.24) is 14.8 Å². The second-order valence-corrected chi connectivity index (χ2v) is 11.1. The number of aromatic nitrogens is 1. The van der Waals surface area contributed by atoms with E-state index in [4.69, 9.17) is 4.74 Å². The number of ether oxygens (including phenoxy) is 1. The first-order valence-corrected chi connectivity index (χ1v) is 14.1. The topological polar surface area (TPSA) is 45.7 Å². The maximum Gasteiger partial charge on any atom is 0.406 e. The Morgan fingerprint density at radius 1 is 0.907 bits per heavy atom. The van der Waals surface area contributed by atoms with Crippen molar-refractivity contribution in [1.29, 1.82) is 0 Å². The monoisotopic (exact) mass is 607 g/mol. The van der Waals surface area contributed by atoms with Gasteiger partial charge in [-0.25, -0.2) is 0 Å². The third kappa shape index (κ3) is 7.38. The number of halogens is 6. The average Bonchev–Trinajstić information content (AvgIpc) is 2.94. The molecule has 0 aliphatic carbocycles. The molecule has 0 spiro atoms. The van der Waals surface area contributed by atoms with Gasteiger partial charge in [-0.15, -0.1) is 0 Å². The predicted molar refractivity (Wildman–Crippen MR) is 151 cm³/mol. The van der Waals surface area contributed by atoms with Gasteiger partial charge in [-0.3, -0.25) is 19.6 Å². The Labute approximate surface area is 247 Å². The van der Waals surface area contributed by atoms with E-state index in [9.17, 15) is 31.1 Å². The van der Waals surface area contributed by atoms with Gasteiger partial charge < -0.3 is 4.74 Å². The molecule has 1 aromatic heterocycles. The van der Waals surface area contributed by atoms with Crippen molar-refractivity contribution >= 4 is 5.97 Å². The standard InChI is InChI=1S/C32H35F6N3O2/c1-4-43-29(42)18-27-21-40(15-16-41(27)20-23-11-13-39-14-12-23)19-24-5-10-28(22(2)17-24)25-6-8-26(9-7-25)30(3,31(33,34)35)32(36,37)38/h5-14,17,27H,4,15-16,18-21H2,1-3H3/t27-/m1/s1. The molecule has 4 rings (SSSR count). The first kappa shape index (κ1) is 32.5. The van der Waals surface area contributed by atoms with Crippen LogP contribution in [0.4, 0.5) is 26.3 Å². The van der Waals surface area contributed by atoms with Gasteiger partial charge in [0, 0.05) is 51.2 Å². The van der Waals surface area contributed by atoms with E-state index in [0.29, 0.717) is 31.8 Å². The fourth-order valence-corrected chi connectivity index (χ4v) is 5.52. The van der Waals surface area contributed by atoms with Crippen LogP contribution in [-0.2, 0) is 28.0 Å².